The Balaban J connectivity index is 1.84. The first kappa shape index (κ1) is 27.7. The predicted molar refractivity (Wildman–Crippen MR) is 131 cm³/mol. The molecule has 1 atom stereocenters. The van der Waals surface area contributed by atoms with Gasteiger partial charge in [-0.25, -0.2) is 18.4 Å². The molecule has 0 aliphatic rings. The van der Waals surface area contributed by atoms with E-state index in [1.54, 1.807) is 0 Å². The molecule has 0 radical (unpaired) electrons. The highest BCUT2D eigenvalue weighted by Crippen LogP contribution is 2.15. The number of amides is 2. The number of hydrogen-bond acceptors (Lipinski definition) is 6. The zero-order valence-electron chi connectivity index (χ0n) is 19.4. The van der Waals surface area contributed by atoms with Crippen molar-refractivity contribution in [3.05, 3.63) is 52.6 Å². The summed E-state index contributed by atoms with van der Waals surface area (Å²) >= 11 is 0. The van der Waals surface area contributed by atoms with Gasteiger partial charge in [-0.1, -0.05) is 0 Å². The van der Waals surface area contributed by atoms with E-state index in [9.17, 15) is 18.4 Å². The fourth-order valence-electron chi connectivity index (χ4n) is 3.37. The maximum Gasteiger partial charge on any atom is 0.349 e. The van der Waals surface area contributed by atoms with E-state index < -0.39 is 23.4 Å². The molecule has 9 N–H and O–H groups in total. The summed E-state index contributed by atoms with van der Waals surface area (Å²) in [6, 6.07) is 3.64. The maximum absolute atomic E-state index is 13.7. The minimum atomic E-state index is -0.922. The number of nitrogens with one attached hydrogen (secondary N) is 5. The topological polar surface area (TPSA) is 176 Å². The average Bonchev–Trinajstić information content (AvgIpc) is 2.79. The van der Waals surface area contributed by atoms with Crippen molar-refractivity contribution < 1.29 is 13.6 Å². The van der Waals surface area contributed by atoms with Crippen LogP contribution >= 0.6 is 0 Å². The van der Waals surface area contributed by atoms with Gasteiger partial charge in [-0.3, -0.25) is 15.3 Å². The van der Waals surface area contributed by atoms with E-state index in [0.717, 1.165) is 50.8 Å². The van der Waals surface area contributed by atoms with Crippen LogP contribution in [-0.4, -0.2) is 47.2 Å². The van der Waals surface area contributed by atoms with Crippen molar-refractivity contribution >= 4 is 23.5 Å². The number of hydrogen-bond donors (Lipinski definition) is 7. The normalized spacial score (nSPS) is 11.6. The molecule has 0 saturated heterocycles. The van der Waals surface area contributed by atoms with Crippen LogP contribution in [0.3, 0.4) is 0 Å². The van der Waals surface area contributed by atoms with Crippen molar-refractivity contribution in [3.63, 3.8) is 0 Å². The Hall–Kier alpha value is -3.58. The number of nitrogens with zero attached hydrogens (tertiary/aromatic N) is 2. The monoisotopic (exact) mass is 493 g/mol. The molecule has 1 aromatic heterocycles. The molecule has 0 aliphatic heterocycles. The number of anilines is 2. The summed E-state index contributed by atoms with van der Waals surface area (Å²) in [6.07, 6.45) is 5.65. The van der Waals surface area contributed by atoms with Crippen LogP contribution < -0.4 is 38.4 Å². The van der Waals surface area contributed by atoms with Crippen molar-refractivity contribution in [1.82, 2.24) is 20.2 Å². The van der Waals surface area contributed by atoms with Crippen LogP contribution in [0.15, 0.2) is 35.3 Å². The molecule has 1 aromatic carbocycles. The van der Waals surface area contributed by atoms with E-state index in [1.165, 1.54) is 16.8 Å². The predicted octanol–water partition coefficient (Wildman–Crippen LogP) is 1.52. The summed E-state index contributed by atoms with van der Waals surface area (Å²) in [7, 11) is 0. The molecule has 0 spiro atoms. The van der Waals surface area contributed by atoms with Gasteiger partial charge in [-0.2, -0.15) is 4.98 Å². The lowest BCUT2D eigenvalue weighted by molar-refractivity contribution is 0.262. The van der Waals surface area contributed by atoms with Gasteiger partial charge in [-0.15, -0.1) is 0 Å². The summed E-state index contributed by atoms with van der Waals surface area (Å²) in [6.45, 7) is 2.46. The molecule has 0 aliphatic carbocycles. The second kappa shape index (κ2) is 14.6. The Morgan fingerprint density at radius 3 is 2.57 bits per heavy atom. The molecule has 2 amide bonds. The second-order valence-electron chi connectivity index (χ2n) is 7.91. The van der Waals surface area contributed by atoms with Crippen LogP contribution in [0.2, 0.25) is 0 Å². The summed E-state index contributed by atoms with van der Waals surface area (Å²) < 4.78 is 28.1. The van der Waals surface area contributed by atoms with E-state index in [1.807, 2.05) is 0 Å². The molecule has 0 unspecified atom stereocenters. The largest absolute Gasteiger partial charge is 0.370 e. The van der Waals surface area contributed by atoms with Gasteiger partial charge in [0.1, 0.15) is 17.5 Å². The minimum absolute atomic E-state index is 0.00516. The number of nitrogens with two attached hydrogens (primary N) is 2. The third-order valence-electron chi connectivity index (χ3n) is 5.11. The van der Waals surface area contributed by atoms with Gasteiger partial charge < -0.3 is 27.4 Å². The van der Waals surface area contributed by atoms with E-state index in [2.05, 4.69) is 26.3 Å². The fraction of sp³-hybridized carbons (Fsp3) is 0.455. The molecular weight excluding hydrogens is 460 g/mol. The van der Waals surface area contributed by atoms with E-state index in [-0.39, 0.29) is 23.5 Å². The van der Waals surface area contributed by atoms with Gasteiger partial charge in [0, 0.05) is 31.4 Å². The van der Waals surface area contributed by atoms with Crippen LogP contribution in [0.1, 0.15) is 32.1 Å². The first-order chi connectivity index (χ1) is 16.8. The number of halogens is 2. The number of urea groups is 1. The molecule has 11 nitrogen and oxygen atoms in total. The Kier molecular flexibility index (Phi) is 11.6. The zero-order valence-corrected chi connectivity index (χ0v) is 19.4. The Labute approximate surface area is 202 Å². The fourth-order valence-corrected chi connectivity index (χ4v) is 3.37. The van der Waals surface area contributed by atoms with Crippen molar-refractivity contribution in [2.45, 2.75) is 44.7 Å². The molecule has 0 fully saturated rings. The van der Waals surface area contributed by atoms with Gasteiger partial charge in [-0.05, 0) is 63.4 Å². The SMILES string of the molecule is N=C(N)NCCC[C@@H](CCCn1ccc(NC(=O)Nc2ccc(F)cc2F)nc1=O)NCCCN. The van der Waals surface area contributed by atoms with Crippen LogP contribution in [0.5, 0.6) is 0 Å². The van der Waals surface area contributed by atoms with Crippen molar-refractivity contribution in [2.75, 3.05) is 30.3 Å². The van der Waals surface area contributed by atoms with Crippen molar-refractivity contribution in [3.8, 4) is 0 Å². The lowest BCUT2D eigenvalue weighted by Gasteiger charge is -2.19. The smallest absolute Gasteiger partial charge is 0.349 e. The number of guanidine groups is 1. The van der Waals surface area contributed by atoms with Crippen LogP contribution in [0.4, 0.5) is 25.1 Å². The lowest BCUT2D eigenvalue weighted by Crippen LogP contribution is -2.34. The molecule has 2 rings (SSSR count). The Bertz CT molecular complexity index is 1030. The number of aryl methyl sites for hydroxylation is 1. The highest BCUT2D eigenvalue weighted by atomic mass is 19.1. The number of carbonyl (C=O) groups excluding carboxylic acids is 1. The quantitative estimate of drug-likeness (QED) is 0.118. The van der Waals surface area contributed by atoms with Crippen molar-refractivity contribution in [2.24, 2.45) is 11.5 Å². The van der Waals surface area contributed by atoms with Gasteiger partial charge in [0.05, 0.1) is 5.69 Å². The van der Waals surface area contributed by atoms with Crippen LogP contribution in [0.25, 0.3) is 0 Å². The molecule has 1 heterocycles. The number of aromatic nitrogens is 2. The van der Waals surface area contributed by atoms with E-state index in [4.69, 9.17) is 16.9 Å². The maximum atomic E-state index is 13.7. The van der Waals surface area contributed by atoms with E-state index >= 15 is 0 Å². The molecule has 35 heavy (non-hydrogen) atoms. The number of carbonyl (C=O) groups is 1. The lowest BCUT2D eigenvalue weighted by atomic mass is 10.1. The van der Waals surface area contributed by atoms with Gasteiger partial charge in [0.15, 0.2) is 5.96 Å². The number of rotatable bonds is 14. The van der Waals surface area contributed by atoms with Gasteiger partial charge >= 0.3 is 11.7 Å². The third kappa shape index (κ3) is 10.5. The first-order valence-electron chi connectivity index (χ1n) is 11.4. The van der Waals surface area contributed by atoms with Crippen LogP contribution in [0, 0.1) is 17.0 Å². The minimum Gasteiger partial charge on any atom is -0.370 e. The Morgan fingerprint density at radius 1 is 1.11 bits per heavy atom. The molecule has 13 heteroatoms. The highest BCUT2D eigenvalue weighted by molar-refractivity contribution is 5.99. The molecule has 2 aromatic rings. The summed E-state index contributed by atoms with van der Waals surface area (Å²) in [4.78, 5) is 28.2. The third-order valence-corrected chi connectivity index (χ3v) is 5.11. The standard InChI is InChI=1S/C22H33F2N9O2/c23-15-6-7-18(17(24)14-15)30-21(34)31-19-8-13-33(22(35)32-19)12-2-5-16(28-11-3-9-25)4-1-10-29-20(26)27/h6-8,13-14,16,28H,1-5,9-12,25H2,(H4,26,27,29)(H2,30,31,32,34,35)/t16-/m0/s1. The molecular formula is C22H33F2N9O2. The van der Waals surface area contributed by atoms with Crippen molar-refractivity contribution in [1.29, 1.82) is 5.41 Å². The average molecular weight is 494 g/mol. The summed E-state index contributed by atoms with van der Waals surface area (Å²) in [5.74, 6) is -1.73. The second-order valence-corrected chi connectivity index (χ2v) is 7.91. The molecule has 0 saturated carbocycles. The molecule has 0 bridgehead atoms. The summed E-state index contributed by atoms with van der Waals surface area (Å²) in [5, 5.41) is 18.1. The van der Waals surface area contributed by atoms with Gasteiger partial charge in [0.2, 0.25) is 0 Å². The first-order valence-corrected chi connectivity index (χ1v) is 11.4. The van der Waals surface area contributed by atoms with E-state index in [0.29, 0.717) is 25.7 Å². The Morgan fingerprint density at radius 2 is 1.89 bits per heavy atom. The van der Waals surface area contributed by atoms with Crippen LogP contribution in [-0.2, 0) is 6.54 Å². The number of benzene rings is 1. The van der Waals surface area contributed by atoms with Gasteiger partial charge in [0.25, 0.3) is 0 Å². The summed E-state index contributed by atoms with van der Waals surface area (Å²) in [5.41, 5.74) is 10.1. The molecule has 192 valence electrons. The zero-order chi connectivity index (χ0) is 25.6. The highest BCUT2D eigenvalue weighted by Gasteiger charge is 2.11.